The lowest BCUT2D eigenvalue weighted by atomic mass is 9.97. The first-order chi connectivity index (χ1) is 7.64. The molecule has 0 unspecified atom stereocenters. The molecule has 1 aromatic rings. The molecule has 2 rings (SSSR count). The number of carbonyl (C=O) groups excluding carboxylic acids is 1. The van der Waals surface area contributed by atoms with Crippen LogP contribution in [0.5, 0.6) is 0 Å². The Hall–Kier alpha value is -1.36. The molecule has 1 amide bonds. The monoisotopic (exact) mass is 238 g/mol. The molecule has 0 saturated heterocycles. The second kappa shape index (κ2) is 4.25. The predicted molar refractivity (Wildman–Crippen MR) is 64.2 cm³/mol. The van der Waals surface area contributed by atoms with Gasteiger partial charge >= 0.3 is 0 Å². The molecule has 0 atom stereocenters. The highest BCUT2D eigenvalue weighted by molar-refractivity contribution is 7.80. The minimum atomic E-state index is -0.496. The Kier molecular flexibility index (Phi) is 2.96. The van der Waals surface area contributed by atoms with Crippen molar-refractivity contribution >= 4 is 23.1 Å². The topological polar surface area (TPSA) is 68.3 Å². The van der Waals surface area contributed by atoms with Crippen molar-refractivity contribution in [3.63, 3.8) is 0 Å². The standard InChI is InChI=1S/C11H14N2O2S/c12-10(16)11(4-1-2-5-11)13-9(14)8-3-6-15-7-8/h3,6-7H,1-2,4-5H2,(H2,12,16)(H,13,14). The number of nitrogens with one attached hydrogen (secondary N) is 1. The summed E-state index contributed by atoms with van der Waals surface area (Å²) in [4.78, 5) is 12.3. The summed E-state index contributed by atoms with van der Waals surface area (Å²) in [6.45, 7) is 0. The van der Waals surface area contributed by atoms with Gasteiger partial charge in [-0.2, -0.15) is 0 Å². The summed E-state index contributed by atoms with van der Waals surface area (Å²) in [5.41, 5.74) is 5.73. The largest absolute Gasteiger partial charge is 0.472 e. The highest BCUT2D eigenvalue weighted by atomic mass is 32.1. The Balaban J connectivity index is 2.13. The number of furan rings is 1. The third kappa shape index (κ3) is 1.95. The summed E-state index contributed by atoms with van der Waals surface area (Å²) in [5, 5.41) is 2.93. The zero-order valence-electron chi connectivity index (χ0n) is 8.86. The number of hydrogen-bond donors (Lipinski definition) is 2. The first-order valence-electron chi connectivity index (χ1n) is 5.29. The van der Waals surface area contributed by atoms with E-state index in [0.717, 1.165) is 25.7 Å². The molecule has 1 aliphatic rings. The van der Waals surface area contributed by atoms with Gasteiger partial charge in [0, 0.05) is 0 Å². The predicted octanol–water partition coefficient (Wildman–Crippen LogP) is 1.61. The van der Waals surface area contributed by atoms with Crippen LogP contribution in [-0.2, 0) is 0 Å². The maximum Gasteiger partial charge on any atom is 0.255 e. The normalized spacial score (nSPS) is 18.2. The van der Waals surface area contributed by atoms with Crippen LogP contribution in [0, 0.1) is 0 Å². The fraction of sp³-hybridized carbons (Fsp3) is 0.455. The lowest BCUT2D eigenvalue weighted by molar-refractivity contribution is 0.0924. The lowest BCUT2D eigenvalue weighted by Crippen LogP contribution is -2.54. The number of thiocarbonyl (C=S) groups is 1. The molecule has 4 nitrogen and oxygen atoms in total. The molecule has 0 bridgehead atoms. The molecule has 86 valence electrons. The Morgan fingerprint density at radius 2 is 2.19 bits per heavy atom. The van der Waals surface area contributed by atoms with Crippen LogP contribution in [0.25, 0.3) is 0 Å². The highest BCUT2D eigenvalue weighted by Crippen LogP contribution is 2.30. The minimum Gasteiger partial charge on any atom is -0.472 e. The second-order valence-electron chi connectivity index (χ2n) is 4.12. The van der Waals surface area contributed by atoms with Crippen LogP contribution in [0.2, 0.25) is 0 Å². The van der Waals surface area contributed by atoms with Crippen LogP contribution in [0.4, 0.5) is 0 Å². The zero-order valence-corrected chi connectivity index (χ0v) is 9.68. The van der Waals surface area contributed by atoms with E-state index in [0.29, 0.717) is 10.6 Å². The van der Waals surface area contributed by atoms with E-state index in [2.05, 4.69) is 5.32 Å². The maximum atomic E-state index is 11.9. The fourth-order valence-corrected chi connectivity index (χ4v) is 2.35. The highest BCUT2D eigenvalue weighted by Gasteiger charge is 2.38. The van der Waals surface area contributed by atoms with Crippen molar-refractivity contribution in [2.45, 2.75) is 31.2 Å². The summed E-state index contributed by atoms with van der Waals surface area (Å²) < 4.78 is 4.87. The zero-order chi connectivity index (χ0) is 11.6. The average molecular weight is 238 g/mol. The van der Waals surface area contributed by atoms with Gasteiger partial charge in [0.15, 0.2) is 0 Å². The van der Waals surface area contributed by atoms with Crippen LogP contribution in [0.1, 0.15) is 36.0 Å². The lowest BCUT2D eigenvalue weighted by Gasteiger charge is -2.28. The van der Waals surface area contributed by atoms with Gasteiger partial charge in [0.05, 0.1) is 22.4 Å². The van der Waals surface area contributed by atoms with Crippen molar-refractivity contribution in [1.29, 1.82) is 0 Å². The number of hydrogen-bond acceptors (Lipinski definition) is 3. The second-order valence-corrected chi connectivity index (χ2v) is 4.56. The van der Waals surface area contributed by atoms with Gasteiger partial charge in [-0.25, -0.2) is 0 Å². The first kappa shape index (κ1) is 11.1. The third-order valence-corrected chi connectivity index (χ3v) is 3.46. The minimum absolute atomic E-state index is 0.177. The van der Waals surface area contributed by atoms with Gasteiger partial charge in [-0.3, -0.25) is 4.79 Å². The molecular formula is C11H14N2O2S. The summed E-state index contributed by atoms with van der Waals surface area (Å²) in [7, 11) is 0. The number of rotatable bonds is 3. The summed E-state index contributed by atoms with van der Waals surface area (Å²) in [5.74, 6) is -0.177. The third-order valence-electron chi connectivity index (χ3n) is 3.06. The van der Waals surface area contributed by atoms with Crippen molar-refractivity contribution in [2.24, 2.45) is 5.73 Å². The van der Waals surface area contributed by atoms with E-state index in [1.165, 1.54) is 12.5 Å². The fourth-order valence-electron chi connectivity index (χ4n) is 2.09. The molecule has 1 aliphatic carbocycles. The quantitative estimate of drug-likeness (QED) is 0.785. The SMILES string of the molecule is NC(=S)C1(NC(=O)c2ccoc2)CCCC1. The Morgan fingerprint density at radius 1 is 1.50 bits per heavy atom. The van der Waals surface area contributed by atoms with Crippen LogP contribution < -0.4 is 11.1 Å². The molecule has 5 heteroatoms. The van der Waals surface area contributed by atoms with Gasteiger partial charge in [-0.15, -0.1) is 0 Å². The first-order valence-corrected chi connectivity index (χ1v) is 5.69. The van der Waals surface area contributed by atoms with E-state index in [1.54, 1.807) is 6.07 Å². The molecule has 0 radical (unpaired) electrons. The van der Waals surface area contributed by atoms with Crippen molar-refractivity contribution in [3.05, 3.63) is 24.2 Å². The van der Waals surface area contributed by atoms with Gasteiger partial charge in [-0.05, 0) is 18.9 Å². The van der Waals surface area contributed by atoms with Crippen LogP contribution in [0.3, 0.4) is 0 Å². The van der Waals surface area contributed by atoms with Gasteiger partial charge in [-0.1, -0.05) is 25.1 Å². The number of carbonyl (C=O) groups is 1. The maximum absolute atomic E-state index is 11.9. The smallest absolute Gasteiger partial charge is 0.255 e. The van der Waals surface area contributed by atoms with E-state index < -0.39 is 5.54 Å². The Morgan fingerprint density at radius 3 is 2.69 bits per heavy atom. The number of amides is 1. The van der Waals surface area contributed by atoms with Gasteiger partial charge in [0.1, 0.15) is 6.26 Å². The molecule has 1 heterocycles. The summed E-state index contributed by atoms with van der Waals surface area (Å²) >= 11 is 5.05. The van der Waals surface area contributed by atoms with Crippen LogP contribution in [0.15, 0.2) is 23.0 Å². The van der Waals surface area contributed by atoms with Crippen LogP contribution >= 0.6 is 12.2 Å². The molecule has 0 aromatic carbocycles. The Labute approximate surface area is 99.2 Å². The van der Waals surface area contributed by atoms with Crippen LogP contribution in [-0.4, -0.2) is 16.4 Å². The van der Waals surface area contributed by atoms with Crippen molar-refractivity contribution in [3.8, 4) is 0 Å². The molecule has 16 heavy (non-hydrogen) atoms. The molecule has 1 aromatic heterocycles. The van der Waals surface area contributed by atoms with Crippen molar-refractivity contribution in [1.82, 2.24) is 5.32 Å². The van der Waals surface area contributed by atoms with Gasteiger partial charge < -0.3 is 15.5 Å². The molecule has 0 spiro atoms. The molecule has 1 saturated carbocycles. The van der Waals surface area contributed by atoms with E-state index in [9.17, 15) is 4.79 Å². The molecule has 3 N–H and O–H groups in total. The van der Waals surface area contributed by atoms with Gasteiger partial charge in [0.25, 0.3) is 5.91 Å². The summed E-state index contributed by atoms with van der Waals surface area (Å²) in [6, 6.07) is 1.62. The van der Waals surface area contributed by atoms with E-state index >= 15 is 0 Å². The Bertz CT molecular complexity index is 394. The molecular weight excluding hydrogens is 224 g/mol. The van der Waals surface area contributed by atoms with E-state index in [1.807, 2.05) is 0 Å². The van der Waals surface area contributed by atoms with Crippen molar-refractivity contribution < 1.29 is 9.21 Å². The van der Waals surface area contributed by atoms with Crippen molar-refractivity contribution in [2.75, 3.05) is 0 Å². The number of nitrogens with two attached hydrogens (primary N) is 1. The van der Waals surface area contributed by atoms with Gasteiger partial charge in [0.2, 0.25) is 0 Å². The molecule has 1 fully saturated rings. The van der Waals surface area contributed by atoms with E-state index in [4.69, 9.17) is 22.4 Å². The summed E-state index contributed by atoms with van der Waals surface area (Å²) in [6.07, 6.45) is 6.62. The van der Waals surface area contributed by atoms with E-state index in [-0.39, 0.29) is 5.91 Å². The average Bonchev–Trinajstić information content (AvgIpc) is 2.88. The molecule has 0 aliphatic heterocycles.